The zero-order chi connectivity index (χ0) is 15.7. The van der Waals surface area contributed by atoms with Crippen LogP contribution in [0.1, 0.15) is 22.3 Å². The Kier molecular flexibility index (Phi) is 4.16. The second-order valence-corrected chi connectivity index (χ2v) is 3.92. The van der Waals surface area contributed by atoms with E-state index in [9.17, 15) is 31.1 Å². The van der Waals surface area contributed by atoms with Crippen LogP contribution in [0.3, 0.4) is 0 Å². The number of halogens is 6. The number of benzene rings is 1. The van der Waals surface area contributed by atoms with Gasteiger partial charge in [0, 0.05) is 6.08 Å². The molecule has 0 bridgehead atoms. The molecule has 1 rings (SSSR count). The number of hydrogen-bond donors (Lipinski definition) is 1. The summed E-state index contributed by atoms with van der Waals surface area (Å²) < 4.78 is 75.8. The normalized spacial score (nSPS) is 12.9. The van der Waals surface area contributed by atoms with E-state index >= 15 is 0 Å². The number of aliphatic carboxylic acids is 1. The van der Waals surface area contributed by atoms with E-state index in [0.29, 0.717) is 18.2 Å². The summed E-state index contributed by atoms with van der Waals surface area (Å²) in [6.07, 6.45) is -8.88. The summed E-state index contributed by atoms with van der Waals surface area (Å²) in [6, 6.07) is 0.505. The number of hydrogen-bond acceptors (Lipinski definition) is 1. The van der Waals surface area contributed by atoms with E-state index in [1.165, 1.54) is 0 Å². The average molecular weight is 298 g/mol. The molecule has 0 heterocycles. The monoisotopic (exact) mass is 298 g/mol. The Hall–Kier alpha value is -1.99. The number of aryl methyl sites for hydroxylation is 1. The smallest absolute Gasteiger partial charge is 0.417 e. The van der Waals surface area contributed by atoms with E-state index in [0.717, 1.165) is 6.92 Å². The van der Waals surface area contributed by atoms with Crippen molar-refractivity contribution in [3.05, 3.63) is 40.5 Å². The molecule has 1 aromatic carbocycles. The van der Waals surface area contributed by atoms with Crippen LogP contribution in [-0.4, -0.2) is 11.1 Å². The number of alkyl halides is 6. The van der Waals surface area contributed by atoms with Crippen molar-refractivity contribution in [2.45, 2.75) is 19.3 Å². The van der Waals surface area contributed by atoms with Gasteiger partial charge in [-0.1, -0.05) is 0 Å². The zero-order valence-electron chi connectivity index (χ0n) is 9.93. The van der Waals surface area contributed by atoms with E-state index in [4.69, 9.17) is 5.11 Å². The van der Waals surface area contributed by atoms with Crippen LogP contribution in [0.25, 0.3) is 6.08 Å². The minimum atomic E-state index is -5.02. The van der Waals surface area contributed by atoms with Crippen molar-refractivity contribution in [1.82, 2.24) is 0 Å². The first kappa shape index (κ1) is 16.1. The predicted octanol–water partition coefficient (Wildman–Crippen LogP) is 4.13. The molecular weight excluding hydrogens is 290 g/mol. The van der Waals surface area contributed by atoms with Crippen LogP contribution in [0.4, 0.5) is 26.3 Å². The molecule has 20 heavy (non-hydrogen) atoms. The molecule has 0 fully saturated rings. The highest BCUT2D eigenvalue weighted by atomic mass is 19.4. The summed E-state index contributed by atoms with van der Waals surface area (Å²) in [4.78, 5) is 10.3. The van der Waals surface area contributed by atoms with Gasteiger partial charge in [-0.25, -0.2) is 4.79 Å². The highest BCUT2D eigenvalue weighted by molar-refractivity contribution is 5.86. The van der Waals surface area contributed by atoms with Crippen molar-refractivity contribution in [3.63, 3.8) is 0 Å². The Labute approximate surface area is 109 Å². The minimum Gasteiger partial charge on any atom is -0.478 e. The van der Waals surface area contributed by atoms with E-state index < -0.39 is 35.0 Å². The first-order chi connectivity index (χ1) is 8.93. The first-order valence-corrected chi connectivity index (χ1v) is 5.13. The van der Waals surface area contributed by atoms with Gasteiger partial charge in [0.1, 0.15) is 0 Å². The van der Waals surface area contributed by atoms with Gasteiger partial charge < -0.3 is 5.11 Å². The molecule has 0 aromatic heterocycles. The topological polar surface area (TPSA) is 37.3 Å². The highest BCUT2D eigenvalue weighted by Crippen LogP contribution is 2.39. The van der Waals surface area contributed by atoms with E-state index in [-0.39, 0.29) is 11.6 Å². The Morgan fingerprint density at radius 2 is 1.65 bits per heavy atom. The van der Waals surface area contributed by atoms with Crippen molar-refractivity contribution < 1.29 is 36.2 Å². The lowest BCUT2D eigenvalue weighted by atomic mass is 9.97. The van der Waals surface area contributed by atoms with Crippen LogP contribution in [-0.2, 0) is 17.1 Å². The van der Waals surface area contributed by atoms with Gasteiger partial charge in [-0.3, -0.25) is 0 Å². The van der Waals surface area contributed by atoms with Gasteiger partial charge in [0.15, 0.2) is 0 Å². The molecule has 2 nitrogen and oxygen atoms in total. The van der Waals surface area contributed by atoms with Crippen molar-refractivity contribution >= 4 is 12.0 Å². The summed E-state index contributed by atoms with van der Waals surface area (Å²) in [6.45, 7) is 1.05. The van der Waals surface area contributed by atoms with Crippen LogP contribution < -0.4 is 0 Å². The van der Waals surface area contributed by atoms with E-state index in [2.05, 4.69) is 0 Å². The maximum atomic E-state index is 12.8. The average Bonchev–Trinajstić information content (AvgIpc) is 2.23. The molecule has 1 aromatic rings. The second-order valence-electron chi connectivity index (χ2n) is 3.92. The van der Waals surface area contributed by atoms with Gasteiger partial charge in [0.25, 0.3) is 0 Å². The summed E-state index contributed by atoms with van der Waals surface area (Å²) in [7, 11) is 0. The van der Waals surface area contributed by atoms with Gasteiger partial charge in [-0.15, -0.1) is 0 Å². The Balaban J connectivity index is 3.56. The lowest BCUT2D eigenvalue weighted by Crippen LogP contribution is -2.13. The first-order valence-electron chi connectivity index (χ1n) is 5.13. The fourth-order valence-corrected chi connectivity index (χ4v) is 1.57. The fraction of sp³-hybridized carbons (Fsp3) is 0.250. The maximum Gasteiger partial charge on any atom is 0.417 e. The number of carboxylic acids is 1. The molecule has 0 aliphatic heterocycles. The lowest BCUT2D eigenvalue weighted by molar-refractivity contribution is -0.143. The largest absolute Gasteiger partial charge is 0.478 e. The Morgan fingerprint density at radius 1 is 1.10 bits per heavy atom. The molecule has 0 radical (unpaired) electrons. The molecule has 0 aliphatic rings. The van der Waals surface area contributed by atoms with Crippen molar-refractivity contribution in [1.29, 1.82) is 0 Å². The molecule has 0 spiro atoms. The molecule has 0 amide bonds. The summed E-state index contributed by atoms with van der Waals surface area (Å²) in [5.41, 5.74) is -3.88. The number of carbonyl (C=O) groups is 1. The molecular formula is C12H8F6O2. The molecule has 1 N–H and O–H groups in total. The van der Waals surface area contributed by atoms with E-state index in [1.54, 1.807) is 0 Å². The quantitative estimate of drug-likeness (QED) is 0.658. The molecule has 8 heteroatoms. The highest BCUT2D eigenvalue weighted by Gasteiger charge is 2.38. The summed E-state index contributed by atoms with van der Waals surface area (Å²) in [5.74, 6) is -1.50. The zero-order valence-corrected chi connectivity index (χ0v) is 9.93. The third-order valence-electron chi connectivity index (χ3n) is 2.41. The van der Waals surface area contributed by atoms with Gasteiger partial charge in [-0.2, -0.15) is 26.3 Å². The minimum absolute atomic E-state index is 0.0332. The van der Waals surface area contributed by atoms with E-state index in [1.807, 2.05) is 0 Å². The lowest BCUT2D eigenvalue weighted by Gasteiger charge is -2.16. The van der Waals surface area contributed by atoms with Crippen LogP contribution in [0.2, 0.25) is 0 Å². The number of rotatable bonds is 2. The molecule has 0 atom stereocenters. The molecule has 110 valence electrons. The summed E-state index contributed by atoms with van der Waals surface area (Å²) in [5, 5.41) is 8.40. The van der Waals surface area contributed by atoms with Crippen LogP contribution in [0.5, 0.6) is 0 Å². The van der Waals surface area contributed by atoms with Crippen LogP contribution in [0.15, 0.2) is 18.2 Å². The standard InChI is InChI=1S/C12H8F6O2/c1-6-4-7(11(13,14)15)5-9(12(16,17)18)8(6)2-3-10(19)20/h2-5H,1H3,(H,19,20)/b3-2+. The van der Waals surface area contributed by atoms with Crippen molar-refractivity contribution in [2.75, 3.05) is 0 Å². The molecule has 0 saturated heterocycles. The van der Waals surface area contributed by atoms with Gasteiger partial charge in [0.2, 0.25) is 0 Å². The Morgan fingerprint density at radius 3 is 2.05 bits per heavy atom. The van der Waals surface area contributed by atoms with Crippen molar-refractivity contribution in [3.8, 4) is 0 Å². The Bertz CT molecular complexity index is 554. The van der Waals surface area contributed by atoms with Gasteiger partial charge >= 0.3 is 18.3 Å². The fourth-order valence-electron chi connectivity index (χ4n) is 1.57. The number of carboxylic acid groups (broad SMARTS) is 1. The molecule has 0 saturated carbocycles. The SMILES string of the molecule is Cc1cc(C(F)(F)F)cc(C(F)(F)F)c1/C=C/C(=O)O. The molecule has 0 unspecified atom stereocenters. The maximum absolute atomic E-state index is 12.8. The third kappa shape index (κ3) is 3.75. The third-order valence-corrected chi connectivity index (χ3v) is 2.41. The van der Waals surface area contributed by atoms with Gasteiger partial charge in [-0.05, 0) is 36.3 Å². The van der Waals surface area contributed by atoms with Crippen LogP contribution >= 0.6 is 0 Å². The summed E-state index contributed by atoms with van der Waals surface area (Å²) >= 11 is 0. The van der Waals surface area contributed by atoms with Crippen molar-refractivity contribution in [2.24, 2.45) is 0 Å². The van der Waals surface area contributed by atoms with Crippen LogP contribution in [0, 0.1) is 6.92 Å². The van der Waals surface area contributed by atoms with Gasteiger partial charge in [0.05, 0.1) is 11.1 Å². The molecule has 0 aliphatic carbocycles. The predicted molar refractivity (Wildman–Crippen MR) is 57.9 cm³/mol. The second kappa shape index (κ2) is 5.18.